The van der Waals surface area contributed by atoms with Crippen molar-refractivity contribution in [1.82, 2.24) is 0 Å². The fraction of sp³-hybridized carbons (Fsp3) is 0.562. The summed E-state index contributed by atoms with van der Waals surface area (Å²) in [5.74, 6) is 2.14. The van der Waals surface area contributed by atoms with E-state index in [0.717, 1.165) is 24.1 Å². The van der Waals surface area contributed by atoms with Crippen molar-refractivity contribution >= 4 is 35.6 Å². The average molecular weight is 387 g/mol. The van der Waals surface area contributed by atoms with Crippen molar-refractivity contribution in [3.8, 4) is 0 Å². The highest BCUT2D eigenvalue weighted by molar-refractivity contribution is 14.0. The first-order valence-electron chi connectivity index (χ1n) is 7.27. The van der Waals surface area contributed by atoms with Crippen LogP contribution in [0, 0.1) is 18.8 Å². The van der Waals surface area contributed by atoms with Gasteiger partial charge >= 0.3 is 0 Å². The van der Waals surface area contributed by atoms with Crippen molar-refractivity contribution in [3.63, 3.8) is 0 Å². The third-order valence-corrected chi connectivity index (χ3v) is 3.98. The van der Waals surface area contributed by atoms with Gasteiger partial charge in [-0.2, -0.15) is 0 Å². The second kappa shape index (κ2) is 8.49. The number of anilines is 1. The number of hydrogen-bond donors (Lipinski definition) is 2. The van der Waals surface area contributed by atoms with Crippen molar-refractivity contribution in [1.29, 1.82) is 0 Å². The smallest absolute Gasteiger partial charge is 0.193 e. The van der Waals surface area contributed by atoms with Crippen molar-refractivity contribution < 1.29 is 0 Å². The zero-order chi connectivity index (χ0) is 13.7. The molecule has 0 saturated heterocycles. The van der Waals surface area contributed by atoms with Crippen LogP contribution < -0.4 is 11.1 Å². The van der Waals surface area contributed by atoms with E-state index in [4.69, 9.17) is 5.73 Å². The van der Waals surface area contributed by atoms with Crippen molar-refractivity contribution in [2.45, 2.75) is 39.5 Å². The van der Waals surface area contributed by atoms with Crippen LogP contribution in [0.25, 0.3) is 0 Å². The van der Waals surface area contributed by atoms with E-state index in [1.165, 1.54) is 31.2 Å². The van der Waals surface area contributed by atoms with E-state index in [-0.39, 0.29) is 24.0 Å². The SMILES string of the molecule is Cc1ccc(NC(N)=NCC2CCC(C)CC2)cc1.I. The monoisotopic (exact) mass is 387 g/mol. The average Bonchev–Trinajstić information content (AvgIpc) is 2.41. The number of nitrogens with two attached hydrogens (primary N) is 1. The first-order chi connectivity index (χ1) is 9.13. The summed E-state index contributed by atoms with van der Waals surface area (Å²) in [7, 11) is 0. The number of rotatable bonds is 3. The molecule has 0 aliphatic heterocycles. The zero-order valence-electron chi connectivity index (χ0n) is 12.4. The van der Waals surface area contributed by atoms with Gasteiger partial charge in [0.05, 0.1) is 0 Å². The molecule has 0 heterocycles. The molecule has 4 heteroatoms. The molecule has 1 aliphatic carbocycles. The highest BCUT2D eigenvalue weighted by Gasteiger charge is 2.17. The van der Waals surface area contributed by atoms with Crippen LogP contribution in [0.2, 0.25) is 0 Å². The maximum absolute atomic E-state index is 5.93. The van der Waals surface area contributed by atoms with Crippen LogP contribution in [-0.2, 0) is 0 Å². The van der Waals surface area contributed by atoms with E-state index >= 15 is 0 Å². The number of hydrogen-bond acceptors (Lipinski definition) is 1. The van der Waals surface area contributed by atoms with E-state index in [0.29, 0.717) is 5.96 Å². The minimum absolute atomic E-state index is 0. The number of nitrogens with one attached hydrogen (secondary N) is 1. The van der Waals surface area contributed by atoms with Crippen molar-refractivity contribution in [3.05, 3.63) is 29.8 Å². The third-order valence-electron chi connectivity index (χ3n) is 3.98. The number of aliphatic imine (C=N–C) groups is 1. The van der Waals surface area contributed by atoms with Crippen LogP contribution >= 0.6 is 24.0 Å². The number of nitrogens with zero attached hydrogens (tertiary/aromatic N) is 1. The maximum Gasteiger partial charge on any atom is 0.193 e. The molecule has 0 spiro atoms. The van der Waals surface area contributed by atoms with Crippen LogP contribution in [-0.4, -0.2) is 12.5 Å². The first-order valence-corrected chi connectivity index (χ1v) is 7.27. The van der Waals surface area contributed by atoms with Gasteiger partial charge in [0.25, 0.3) is 0 Å². The van der Waals surface area contributed by atoms with Crippen molar-refractivity contribution in [2.75, 3.05) is 11.9 Å². The molecule has 0 atom stereocenters. The Balaban J connectivity index is 0.00000200. The Labute approximate surface area is 139 Å². The fourth-order valence-corrected chi connectivity index (χ4v) is 2.56. The Kier molecular flexibility index (Phi) is 7.34. The molecular formula is C16H26IN3. The van der Waals surface area contributed by atoms with Crippen LogP contribution in [0.15, 0.2) is 29.3 Å². The lowest BCUT2D eigenvalue weighted by Crippen LogP contribution is -2.24. The first kappa shape index (κ1) is 17.3. The number of guanidine groups is 1. The minimum atomic E-state index is 0. The van der Waals surface area contributed by atoms with Gasteiger partial charge in [0, 0.05) is 12.2 Å². The van der Waals surface area contributed by atoms with E-state index in [1.807, 2.05) is 12.1 Å². The quantitative estimate of drug-likeness (QED) is 0.465. The lowest BCUT2D eigenvalue weighted by Gasteiger charge is -2.24. The molecule has 1 fully saturated rings. The Bertz CT molecular complexity index is 420. The molecule has 1 aromatic carbocycles. The van der Waals surface area contributed by atoms with Gasteiger partial charge < -0.3 is 11.1 Å². The van der Waals surface area contributed by atoms with Crippen LogP contribution in [0.5, 0.6) is 0 Å². The van der Waals surface area contributed by atoms with Crippen molar-refractivity contribution in [2.24, 2.45) is 22.6 Å². The molecule has 0 bridgehead atoms. The molecule has 1 aromatic rings. The Morgan fingerprint density at radius 1 is 1.20 bits per heavy atom. The van der Waals surface area contributed by atoms with E-state index < -0.39 is 0 Å². The standard InChI is InChI=1S/C16H25N3.HI/c1-12-3-7-14(8-4-12)11-18-16(17)19-15-9-5-13(2)6-10-15;/h5-6,9-10,12,14H,3-4,7-8,11H2,1-2H3,(H3,17,18,19);1H. The molecule has 112 valence electrons. The molecule has 1 saturated carbocycles. The minimum Gasteiger partial charge on any atom is -0.370 e. The zero-order valence-corrected chi connectivity index (χ0v) is 14.8. The highest BCUT2D eigenvalue weighted by atomic mass is 127. The van der Waals surface area contributed by atoms with E-state index in [2.05, 4.69) is 36.3 Å². The van der Waals surface area contributed by atoms with Gasteiger partial charge in [-0.25, -0.2) is 0 Å². The van der Waals surface area contributed by atoms with Gasteiger partial charge in [-0.1, -0.05) is 37.5 Å². The van der Waals surface area contributed by atoms with Gasteiger partial charge in [0.2, 0.25) is 0 Å². The predicted octanol–water partition coefficient (Wildman–Crippen LogP) is 4.17. The Morgan fingerprint density at radius 2 is 1.80 bits per heavy atom. The molecule has 0 radical (unpaired) electrons. The second-order valence-electron chi connectivity index (χ2n) is 5.84. The molecule has 20 heavy (non-hydrogen) atoms. The molecular weight excluding hydrogens is 361 g/mol. The topological polar surface area (TPSA) is 50.4 Å². The molecule has 3 nitrogen and oxygen atoms in total. The molecule has 0 amide bonds. The second-order valence-corrected chi connectivity index (χ2v) is 5.84. The molecule has 0 aromatic heterocycles. The molecule has 0 unspecified atom stereocenters. The summed E-state index contributed by atoms with van der Waals surface area (Å²) >= 11 is 0. The molecule has 1 aliphatic rings. The van der Waals surface area contributed by atoms with E-state index in [1.54, 1.807) is 0 Å². The summed E-state index contributed by atoms with van der Waals surface area (Å²) in [5, 5.41) is 3.15. The maximum atomic E-state index is 5.93. The van der Waals surface area contributed by atoms with Crippen LogP contribution in [0.3, 0.4) is 0 Å². The normalized spacial score (nSPS) is 23.0. The van der Waals surface area contributed by atoms with Crippen LogP contribution in [0.1, 0.15) is 38.2 Å². The largest absolute Gasteiger partial charge is 0.370 e. The Hall–Kier alpha value is -0.780. The summed E-state index contributed by atoms with van der Waals surface area (Å²) in [6.07, 6.45) is 5.27. The lowest BCUT2D eigenvalue weighted by molar-refractivity contribution is 0.296. The predicted molar refractivity (Wildman–Crippen MR) is 97.8 cm³/mol. The molecule has 2 rings (SSSR count). The van der Waals surface area contributed by atoms with Gasteiger partial charge in [-0.15, -0.1) is 24.0 Å². The lowest BCUT2D eigenvalue weighted by atomic mass is 9.83. The van der Waals surface area contributed by atoms with Gasteiger partial charge in [-0.05, 0) is 43.7 Å². The van der Waals surface area contributed by atoms with E-state index in [9.17, 15) is 0 Å². The summed E-state index contributed by atoms with van der Waals surface area (Å²) in [4.78, 5) is 4.47. The summed E-state index contributed by atoms with van der Waals surface area (Å²) in [5.41, 5.74) is 8.18. The highest BCUT2D eigenvalue weighted by Crippen LogP contribution is 2.28. The summed E-state index contributed by atoms with van der Waals surface area (Å²) in [6, 6.07) is 8.19. The third kappa shape index (κ3) is 5.69. The fourth-order valence-electron chi connectivity index (χ4n) is 2.56. The van der Waals surface area contributed by atoms with Gasteiger partial charge in [0.15, 0.2) is 5.96 Å². The Morgan fingerprint density at radius 3 is 2.40 bits per heavy atom. The van der Waals surface area contributed by atoms with Gasteiger partial charge in [0.1, 0.15) is 0 Å². The summed E-state index contributed by atoms with van der Waals surface area (Å²) in [6.45, 7) is 5.27. The number of halogens is 1. The number of aryl methyl sites for hydroxylation is 1. The van der Waals surface area contributed by atoms with Crippen LogP contribution in [0.4, 0.5) is 5.69 Å². The van der Waals surface area contributed by atoms with Gasteiger partial charge in [-0.3, -0.25) is 4.99 Å². The molecule has 3 N–H and O–H groups in total. The number of benzene rings is 1. The summed E-state index contributed by atoms with van der Waals surface area (Å²) < 4.78 is 0.